The summed E-state index contributed by atoms with van der Waals surface area (Å²) in [7, 11) is 0. The monoisotopic (exact) mass is 158 g/mol. The maximum absolute atomic E-state index is 9.58. The van der Waals surface area contributed by atoms with Crippen LogP contribution in [0.5, 0.6) is 0 Å². The zero-order valence-corrected chi connectivity index (χ0v) is 5.05. The predicted octanol–water partition coefficient (Wildman–Crippen LogP) is 1.34. The van der Waals surface area contributed by atoms with Crippen LogP contribution in [0.25, 0.3) is 0 Å². The maximum atomic E-state index is 9.58. The van der Waals surface area contributed by atoms with Crippen LogP contribution in [0, 0.1) is 6.68 Å². The van der Waals surface area contributed by atoms with E-state index in [4.69, 9.17) is 0 Å². The van der Waals surface area contributed by atoms with Crippen molar-refractivity contribution in [3.05, 3.63) is 6.68 Å². The molecule has 0 nitrogen and oxygen atoms in total. The van der Waals surface area contributed by atoms with Crippen molar-refractivity contribution in [2.45, 2.75) is 0 Å². The van der Waals surface area contributed by atoms with Gasteiger partial charge in [-0.3, -0.25) is 0 Å². The molecule has 5 heavy (non-hydrogen) atoms. The van der Waals surface area contributed by atoms with E-state index in [0.717, 1.165) is 0 Å². The Kier molecular flexibility index (Phi) is 9.11. The Morgan fingerprint density at radius 1 is 1.00 bits per heavy atom. The van der Waals surface area contributed by atoms with E-state index < -0.39 is 6.68 Å². The van der Waals surface area contributed by atoms with E-state index in [-0.39, 0.29) is 32.7 Å². The molecular formula is CF3Y-. The molecule has 0 aliphatic rings. The van der Waals surface area contributed by atoms with Crippen molar-refractivity contribution in [2.24, 2.45) is 0 Å². The summed E-state index contributed by atoms with van der Waals surface area (Å²) in [5, 5.41) is 0. The van der Waals surface area contributed by atoms with Crippen LogP contribution < -0.4 is 0 Å². The standard InChI is InChI=1S/CF3.Y/c2-1(3)4;/q-1;. The number of halogens is 3. The van der Waals surface area contributed by atoms with Crippen LogP contribution >= 0.6 is 0 Å². The van der Waals surface area contributed by atoms with Crippen LogP contribution in [0.3, 0.4) is 0 Å². The van der Waals surface area contributed by atoms with Gasteiger partial charge in [-0.05, 0) is 0 Å². The summed E-state index contributed by atoms with van der Waals surface area (Å²) in [5.74, 6) is 0. The molecule has 0 aliphatic heterocycles. The SMILES string of the molecule is F[C-](F)F.[Y]. The first-order valence-electron chi connectivity index (χ1n) is 0.567. The maximum Gasteiger partial charge on any atom is 0.154 e. The first-order chi connectivity index (χ1) is 1.73. The van der Waals surface area contributed by atoms with Crippen LogP contribution in [0.1, 0.15) is 0 Å². The average Bonchev–Trinajstić information content (AvgIpc) is 0.811. The first-order valence-corrected chi connectivity index (χ1v) is 0.567. The molecule has 0 spiro atoms. The molecule has 0 aromatic heterocycles. The summed E-state index contributed by atoms with van der Waals surface area (Å²) >= 11 is 0. The van der Waals surface area contributed by atoms with E-state index in [1.54, 1.807) is 0 Å². The fourth-order valence-corrected chi connectivity index (χ4v) is 0. The number of rotatable bonds is 0. The normalized spacial score (nSPS) is 7.20. The minimum atomic E-state index is -3.08. The van der Waals surface area contributed by atoms with Gasteiger partial charge in [0, 0.05) is 32.7 Å². The molecule has 0 saturated carbocycles. The molecule has 0 saturated heterocycles. The summed E-state index contributed by atoms with van der Waals surface area (Å²) in [6.45, 7) is -3.08. The molecule has 0 amide bonds. The van der Waals surface area contributed by atoms with E-state index in [0.29, 0.717) is 0 Å². The van der Waals surface area contributed by atoms with Crippen molar-refractivity contribution in [1.82, 2.24) is 0 Å². The molecule has 29 valence electrons. The Morgan fingerprint density at radius 3 is 1.00 bits per heavy atom. The fourth-order valence-electron chi connectivity index (χ4n) is 0. The van der Waals surface area contributed by atoms with Gasteiger partial charge < -0.3 is 13.2 Å². The molecule has 0 aromatic carbocycles. The molecule has 0 atom stereocenters. The second-order valence-electron chi connectivity index (χ2n) is 0.214. The Balaban J connectivity index is 0. The quantitative estimate of drug-likeness (QED) is 0.466. The van der Waals surface area contributed by atoms with E-state index in [2.05, 4.69) is 0 Å². The average molecular weight is 158 g/mol. The van der Waals surface area contributed by atoms with Gasteiger partial charge in [0.1, 0.15) is 0 Å². The molecule has 1 radical (unpaired) electrons. The van der Waals surface area contributed by atoms with Crippen molar-refractivity contribution in [2.75, 3.05) is 0 Å². The third kappa shape index (κ3) is 51.3. The van der Waals surface area contributed by atoms with Gasteiger partial charge in [-0.25, -0.2) is 0 Å². The minimum absolute atomic E-state index is 0. The first kappa shape index (κ1) is 9.31. The van der Waals surface area contributed by atoms with Crippen molar-refractivity contribution in [3.63, 3.8) is 0 Å². The zero-order chi connectivity index (χ0) is 3.58. The summed E-state index contributed by atoms with van der Waals surface area (Å²) < 4.78 is 28.8. The third-order valence-electron chi connectivity index (χ3n) is 0. The summed E-state index contributed by atoms with van der Waals surface area (Å²) in [6, 6.07) is 0. The second kappa shape index (κ2) is 4.89. The van der Waals surface area contributed by atoms with Gasteiger partial charge in [-0.1, -0.05) is 0 Å². The Labute approximate surface area is 52.6 Å². The molecule has 0 unspecified atom stereocenters. The van der Waals surface area contributed by atoms with Gasteiger partial charge in [-0.15, -0.1) is 0 Å². The Morgan fingerprint density at radius 2 is 1.00 bits per heavy atom. The molecule has 0 fully saturated rings. The Bertz CT molecular complexity index is 11.6. The third-order valence-corrected chi connectivity index (χ3v) is 0. The molecule has 0 heterocycles. The summed E-state index contributed by atoms with van der Waals surface area (Å²) in [4.78, 5) is 0. The van der Waals surface area contributed by atoms with E-state index >= 15 is 0 Å². The van der Waals surface area contributed by atoms with E-state index in [1.807, 2.05) is 0 Å². The largest absolute Gasteiger partial charge is 0.385 e. The minimum Gasteiger partial charge on any atom is -0.385 e. The van der Waals surface area contributed by atoms with Gasteiger partial charge >= 0.3 is 0 Å². The molecule has 0 aliphatic carbocycles. The van der Waals surface area contributed by atoms with E-state index in [9.17, 15) is 13.2 Å². The Hall–Kier alpha value is 0.894. The fraction of sp³-hybridized carbons (Fsp3) is 0. The van der Waals surface area contributed by atoms with Crippen LogP contribution in [-0.4, -0.2) is 0 Å². The smallest absolute Gasteiger partial charge is 0.154 e. The molecule has 0 N–H and O–H groups in total. The topological polar surface area (TPSA) is 0 Å². The van der Waals surface area contributed by atoms with Gasteiger partial charge in [-0.2, -0.15) is 0 Å². The molecular weight excluding hydrogens is 158 g/mol. The van der Waals surface area contributed by atoms with Gasteiger partial charge in [0.2, 0.25) is 0 Å². The van der Waals surface area contributed by atoms with Crippen molar-refractivity contribution >= 4 is 0 Å². The molecule has 0 bridgehead atoms. The van der Waals surface area contributed by atoms with Gasteiger partial charge in [0.15, 0.2) is 6.68 Å². The summed E-state index contributed by atoms with van der Waals surface area (Å²) in [5.41, 5.74) is 0. The van der Waals surface area contributed by atoms with Gasteiger partial charge in [0.05, 0.1) is 0 Å². The second-order valence-corrected chi connectivity index (χ2v) is 0.214. The van der Waals surface area contributed by atoms with Crippen molar-refractivity contribution in [3.8, 4) is 0 Å². The van der Waals surface area contributed by atoms with E-state index in [1.165, 1.54) is 0 Å². The van der Waals surface area contributed by atoms with Gasteiger partial charge in [0.25, 0.3) is 0 Å². The number of hydrogen-bond acceptors (Lipinski definition) is 0. The molecule has 4 heteroatoms. The van der Waals surface area contributed by atoms with Crippen LogP contribution in [0.15, 0.2) is 0 Å². The number of hydrogen-bond donors (Lipinski definition) is 0. The predicted molar refractivity (Wildman–Crippen MR) is 6.57 cm³/mol. The molecule has 0 aromatic rings. The van der Waals surface area contributed by atoms with Crippen LogP contribution in [0.2, 0.25) is 0 Å². The van der Waals surface area contributed by atoms with Crippen molar-refractivity contribution < 1.29 is 45.9 Å². The molecule has 0 rings (SSSR count). The van der Waals surface area contributed by atoms with Crippen LogP contribution in [0.4, 0.5) is 13.2 Å². The summed E-state index contributed by atoms with van der Waals surface area (Å²) in [6.07, 6.45) is 0. The van der Waals surface area contributed by atoms with Crippen LogP contribution in [-0.2, 0) is 32.7 Å². The zero-order valence-electron chi connectivity index (χ0n) is 2.21. The van der Waals surface area contributed by atoms with Crippen molar-refractivity contribution in [1.29, 1.82) is 0 Å².